The Morgan fingerprint density at radius 1 is 1.27 bits per heavy atom. The Labute approximate surface area is 85.3 Å². The molecule has 0 atom stereocenters. The van der Waals surface area contributed by atoms with Crippen molar-refractivity contribution in [3.05, 3.63) is 29.3 Å². The highest BCUT2D eigenvalue weighted by molar-refractivity contribution is 6.51. The van der Waals surface area contributed by atoms with Crippen LogP contribution in [-0.2, 0) is 9.59 Å². The number of benzene rings is 1. The summed E-state index contributed by atoms with van der Waals surface area (Å²) in [5.74, 6) is 3.58. The summed E-state index contributed by atoms with van der Waals surface area (Å²) in [7, 11) is 0. The van der Waals surface area contributed by atoms with Gasteiger partial charge in [-0.2, -0.15) is 0 Å². The highest BCUT2D eigenvalue weighted by Crippen LogP contribution is 2.23. The summed E-state index contributed by atoms with van der Waals surface area (Å²) < 4.78 is 0. The van der Waals surface area contributed by atoms with E-state index in [2.05, 4.69) is 17.2 Å². The average molecular weight is 199 g/mol. The van der Waals surface area contributed by atoms with Gasteiger partial charge in [0.05, 0.1) is 11.3 Å². The number of carbonyl (C=O) groups excluding carboxylic acids is 3. The molecule has 1 amide bonds. The van der Waals surface area contributed by atoms with E-state index < -0.39 is 11.7 Å². The van der Waals surface area contributed by atoms with E-state index in [1.165, 1.54) is 6.07 Å². The molecule has 0 saturated carbocycles. The van der Waals surface area contributed by atoms with Crippen molar-refractivity contribution in [3.63, 3.8) is 0 Å². The molecule has 1 aliphatic heterocycles. The summed E-state index contributed by atoms with van der Waals surface area (Å²) in [6.07, 6.45) is 0.471. The third kappa shape index (κ3) is 1.51. The van der Waals surface area contributed by atoms with Crippen LogP contribution in [0.4, 0.5) is 5.69 Å². The predicted molar refractivity (Wildman–Crippen MR) is 52.3 cm³/mol. The molecule has 0 saturated heterocycles. The van der Waals surface area contributed by atoms with E-state index in [-0.39, 0.29) is 0 Å². The Morgan fingerprint density at radius 3 is 2.80 bits per heavy atom. The molecule has 0 aliphatic carbocycles. The minimum atomic E-state index is -0.634. The summed E-state index contributed by atoms with van der Waals surface area (Å²) in [6.45, 7) is 0. The molecule has 0 unspecified atom stereocenters. The average Bonchev–Trinajstić information content (AvgIpc) is 2.52. The Bertz CT molecular complexity index is 534. The smallest absolute Gasteiger partial charge is 0.296 e. The van der Waals surface area contributed by atoms with E-state index in [9.17, 15) is 14.4 Å². The SMILES string of the molecule is O=CC#Cc1ccc2c(c1)C(=O)C(=O)N2. The maximum atomic E-state index is 11.3. The van der Waals surface area contributed by atoms with Gasteiger partial charge in [0, 0.05) is 5.56 Å². The van der Waals surface area contributed by atoms with Crippen LogP contribution in [0.2, 0.25) is 0 Å². The molecule has 1 aromatic carbocycles. The van der Waals surface area contributed by atoms with Crippen molar-refractivity contribution in [2.75, 3.05) is 5.32 Å². The van der Waals surface area contributed by atoms with Gasteiger partial charge in [0.25, 0.3) is 11.7 Å². The van der Waals surface area contributed by atoms with E-state index >= 15 is 0 Å². The van der Waals surface area contributed by atoms with E-state index in [1.807, 2.05) is 0 Å². The van der Waals surface area contributed by atoms with E-state index in [4.69, 9.17) is 0 Å². The summed E-state index contributed by atoms with van der Waals surface area (Å²) >= 11 is 0. The molecule has 4 heteroatoms. The minimum Gasteiger partial charge on any atom is -0.318 e. The second kappa shape index (κ2) is 3.39. The Balaban J connectivity index is 2.48. The molecule has 15 heavy (non-hydrogen) atoms. The Hall–Kier alpha value is -2.41. The lowest BCUT2D eigenvalue weighted by atomic mass is 10.1. The van der Waals surface area contributed by atoms with E-state index in [0.29, 0.717) is 23.1 Å². The monoisotopic (exact) mass is 199 g/mol. The lowest BCUT2D eigenvalue weighted by Gasteiger charge is -1.95. The molecule has 72 valence electrons. The first-order chi connectivity index (χ1) is 7.22. The maximum absolute atomic E-state index is 11.3. The number of ketones is 1. The zero-order valence-electron chi connectivity index (χ0n) is 7.53. The minimum absolute atomic E-state index is 0.303. The number of fused-ring (bicyclic) bond motifs is 1. The number of hydrogen-bond donors (Lipinski definition) is 1. The quantitative estimate of drug-likeness (QED) is 0.373. The third-order valence-electron chi connectivity index (χ3n) is 1.99. The van der Waals surface area contributed by atoms with Crippen molar-refractivity contribution in [3.8, 4) is 11.8 Å². The van der Waals surface area contributed by atoms with Crippen LogP contribution in [0.5, 0.6) is 0 Å². The second-order valence-electron chi connectivity index (χ2n) is 2.93. The highest BCUT2D eigenvalue weighted by atomic mass is 16.2. The van der Waals surface area contributed by atoms with Gasteiger partial charge in [-0.05, 0) is 24.1 Å². The van der Waals surface area contributed by atoms with Crippen LogP contribution in [0, 0.1) is 11.8 Å². The van der Waals surface area contributed by atoms with Gasteiger partial charge in [-0.1, -0.05) is 5.92 Å². The van der Waals surface area contributed by atoms with Crippen LogP contribution in [0.1, 0.15) is 15.9 Å². The van der Waals surface area contributed by atoms with Crippen LogP contribution < -0.4 is 5.32 Å². The van der Waals surface area contributed by atoms with Crippen LogP contribution in [0.25, 0.3) is 0 Å². The standard InChI is InChI=1S/C11H5NO3/c13-5-1-2-7-3-4-9-8(6-7)10(14)11(15)12-9/h3-6H,(H,12,14,15). The second-order valence-corrected chi connectivity index (χ2v) is 2.93. The van der Waals surface area contributed by atoms with Gasteiger partial charge < -0.3 is 5.32 Å². The Morgan fingerprint density at radius 2 is 2.07 bits per heavy atom. The fraction of sp³-hybridized carbons (Fsp3) is 0. The molecule has 4 nitrogen and oxygen atoms in total. The fourth-order valence-electron chi connectivity index (χ4n) is 1.33. The van der Waals surface area contributed by atoms with Crippen molar-refractivity contribution < 1.29 is 14.4 Å². The normalized spacial score (nSPS) is 12.5. The number of Topliss-reactive ketones (excluding diaryl/α,β-unsaturated/α-hetero) is 1. The lowest BCUT2D eigenvalue weighted by molar-refractivity contribution is -0.112. The number of aldehydes is 1. The molecular weight excluding hydrogens is 194 g/mol. The van der Waals surface area contributed by atoms with Crippen molar-refractivity contribution in [1.29, 1.82) is 0 Å². The van der Waals surface area contributed by atoms with Crippen molar-refractivity contribution >= 4 is 23.7 Å². The van der Waals surface area contributed by atoms with Gasteiger partial charge in [0.15, 0.2) is 6.29 Å². The maximum Gasteiger partial charge on any atom is 0.296 e. The van der Waals surface area contributed by atoms with Crippen LogP contribution in [-0.4, -0.2) is 18.0 Å². The molecule has 1 N–H and O–H groups in total. The largest absolute Gasteiger partial charge is 0.318 e. The van der Waals surface area contributed by atoms with Crippen molar-refractivity contribution in [2.45, 2.75) is 0 Å². The van der Waals surface area contributed by atoms with Gasteiger partial charge >= 0.3 is 0 Å². The first kappa shape index (κ1) is 9.16. The molecule has 0 fully saturated rings. The van der Waals surface area contributed by atoms with E-state index in [0.717, 1.165) is 0 Å². The molecule has 0 aromatic heterocycles. The molecule has 2 rings (SSSR count). The van der Waals surface area contributed by atoms with Crippen LogP contribution >= 0.6 is 0 Å². The number of hydrogen-bond acceptors (Lipinski definition) is 3. The molecule has 1 aliphatic rings. The first-order valence-corrected chi connectivity index (χ1v) is 4.17. The zero-order valence-corrected chi connectivity index (χ0v) is 7.53. The predicted octanol–water partition coefficient (Wildman–Crippen LogP) is 0.372. The molecule has 1 aromatic rings. The number of amides is 1. The highest BCUT2D eigenvalue weighted by Gasteiger charge is 2.27. The van der Waals surface area contributed by atoms with E-state index in [1.54, 1.807) is 12.1 Å². The third-order valence-corrected chi connectivity index (χ3v) is 1.99. The van der Waals surface area contributed by atoms with Crippen molar-refractivity contribution in [1.82, 2.24) is 0 Å². The number of carbonyl (C=O) groups is 3. The van der Waals surface area contributed by atoms with Gasteiger partial charge in [0.2, 0.25) is 0 Å². The molecule has 0 radical (unpaired) electrons. The van der Waals surface area contributed by atoms with Crippen LogP contribution in [0.15, 0.2) is 18.2 Å². The number of nitrogens with one attached hydrogen (secondary N) is 1. The lowest BCUT2D eigenvalue weighted by Crippen LogP contribution is -2.12. The van der Waals surface area contributed by atoms with Crippen LogP contribution in [0.3, 0.4) is 0 Å². The van der Waals surface area contributed by atoms with Gasteiger partial charge in [-0.25, -0.2) is 0 Å². The summed E-state index contributed by atoms with van der Waals surface area (Å²) in [5.41, 5.74) is 1.32. The topological polar surface area (TPSA) is 63.2 Å². The molecule has 0 spiro atoms. The molecule has 1 heterocycles. The van der Waals surface area contributed by atoms with Crippen molar-refractivity contribution in [2.24, 2.45) is 0 Å². The summed E-state index contributed by atoms with van der Waals surface area (Å²) in [5, 5.41) is 2.42. The fourth-order valence-corrected chi connectivity index (χ4v) is 1.33. The zero-order chi connectivity index (χ0) is 10.8. The van der Waals surface area contributed by atoms with Gasteiger partial charge in [-0.3, -0.25) is 14.4 Å². The number of anilines is 1. The number of rotatable bonds is 0. The summed E-state index contributed by atoms with van der Waals surface area (Å²) in [6, 6.07) is 4.72. The molecular formula is C11H5NO3. The summed E-state index contributed by atoms with van der Waals surface area (Å²) in [4.78, 5) is 32.3. The first-order valence-electron chi connectivity index (χ1n) is 4.17. The van der Waals surface area contributed by atoms with Gasteiger partial charge in [0.1, 0.15) is 0 Å². The van der Waals surface area contributed by atoms with Gasteiger partial charge in [-0.15, -0.1) is 0 Å². The molecule has 0 bridgehead atoms. The Kier molecular flexibility index (Phi) is 2.07.